The van der Waals surface area contributed by atoms with Crippen molar-refractivity contribution in [2.24, 2.45) is 11.3 Å². The van der Waals surface area contributed by atoms with Crippen LogP contribution in [0, 0.1) is 11.3 Å². The predicted octanol–water partition coefficient (Wildman–Crippen LogP) is 3.92. The molecule has 0 aromatic carbocycles. The van der Waals surface area contributed by atoms with Gasteiger partial charge in [-0.05, 0) is 37.0 Å². The van der Waals surface area contributed by atoms with E-state index in [0.717, 1.165) is 5.92 Å². The molecule has 12 heavy (non-hydrogen) atoms. The molecule has 0 unspecified atom stereocenters. The normalized spacial score (nSPS) is 41.9. The Morgan fingerprint density at radius 2 is 2.08 bits per heavy atom. The van der Waals surface area contributed by atoms with Crippen molar-refractivity contribution in [3.63, 3.8) is 0 Å². The van der Waals surface area contributed by atoms with Crippen molar-refractivity contribution in [2.45, 2.75) is 51.9 Å². The van der Waals surface area contributed by atoms with Crippen molar-refractivity contribution in [1.29, 1.82) is 0 Å². The van der Waals surface area contributed by atoms with Crippen molar-refractivity contribution in [2.75, 3.05) is 0 Å². The lowest BCUT2D eigenvalue weighted by Gasteiger charge is -2.38. The Bertz CT molecular complexity index is 180. The third kappa shape index (κ3) is 1.44. The third-order valence-corrected chi connectivity index (χ3v) is 3.96. The fourth-order valence-corrected chi connectivity index (χ4v) is 2.93. The van der Waals surface area contributed by atoms with Gasteiger partial charge in [-0.15, -0.1) is 0 Å². The van der Waals surface area contributed by atoms with Crippen LogP contribution in [0.15, 0.2) is 12.2 Å². The van der Waals surface area contributed by atoms with Crippen molar-refractivity contribution in [1.82, 2.24) is 0 Å². The minimum atomic E-state index is 0.672. The van der Waals surface area contributed by atoms with Crippen LogP contribution in [0.4, 0.5) is 0 Å². The van der Waals surface area contributed by atoms with E-state index in [1.807, 2.05) is 0 Å². The number of allylic oxidation sites excluding steroid dienone is 2. The van der Waals surface area contributed by atoms with Crippen LogP contribution >= 0.6 is 0 Å². The van der Waals surface area contributed by atoms with Crippen molar-refractivity contribution >= 4 is 0 Å². The van der Waals surface area contributed by atoms with E-state index in [-0.39, 0.29) is 0 Å². The summed E-state index contributed by atoms with van der Waals surface area (Å²) in [6.45, 7) is 2.51. The quantitative estimate of drug-likeness (QED) is 0.476. The second kappa shape index (κ2) is 3.24. The van der Waals surface area contributed by atoms with Gasteiger partial charge in [-0.1, -0.05) is 38.3 Å². The second-order valence-corrected chi connectivity index (χ2v) is 4.86. The predicted molar refractivity (Wildman–Crippen MR) is 53.1 cm³/mol. The van der Waals surface area contributed by atoms with Crippen LogP contribution in [0.25, 0.3) is 0 Å². The summed E-state index contributed by atoms with van der Waals surface area (Å²) in [7, 11) is 0. The Hall–Kier alpha value is -0.260. The van der Waals surface area contributed by atoms with E-state index in [9.17, 15) is 0 Å². The van der Waals surface area contributed by atoms with Crippen molar-refractivity contribution < 1.29 is 0 Å². The molecule has 0 saturated heterocycles. The largest absolute Gasteiger partial charge is 0.0882 e. The first-order valence-electron chi connectivity index (χ1n) is 5.46. The molecule has 0 aliphatic heterocycles. The molecule has 0 nitrogen and oxygen atoms in total. The van der Waals surface area contributed by atoms with E-state index in [2.05, 4.69) is 19.1 Å². The molecule has 0 aromatic heterocycles. The van der Waals surface area contributed by atoms with Crippen LogP contribution in [0.1, 0.15) is 51.9 Å². The zero-order chi connectivity index (χ0) is 8.44. The van der Waals surface area contributed by atoms with E-state index in [4.69, 9.17) is 0 Å². The van der Waals surface area contributed by atoms with Gasteiger partial charge in [0.25, 0.3) is 0 Å². The van der Waals surface area contributed by atoms with Gasteiger partial charge in [-0.3, -0.25) is 0 Å². The first kappa shape index (κ1) is 8.34. The van der Waals surface area contributed by atoms with Gasteiger partial charge in [0.15, 0.2) is 0 Å². The van der Waals surface area contributed by atoms with Gasteiger partial charge in [0, 0.05) is 0 Å². The van der Waals surface area contributed by atoms with Crippen molar-refractivity contribution in [3.8, 4) is 0 Å². The Kier molecular flexibility index (Phi) is 2.25. The highest BCUT2D eigenvalue weighted by atomic mass is 14.4. The fraction of sp³-hybridized carbons (Fsp3) is 0.833. The van der Waals surface area contributed by atoms with Crippen LogP contribution in [0.3, 0.4) is 0 Å². The molecular weight excluding hydrogens is 144 g/mol. The molecule has 0 amide bonds. The zero-order valence-corrected chi connectivity index (χ0v) is 8.18. The number of rotatable bonds is 0. The Morgan fingerprint density at radius 1 is 1.17 bits per heavy atom. The molecule has 0 bridgehead atoms. The van der Waals surface area contributed by atoms with Crippen LogP contribution in [-0.2, 0) is 0 Å². The maximum atomic E-state index is 2.51. The summed E-state index contributed by atoms with van der Waals surface area (Å²) < 4.78 is 0. The molecule has 2 atom stereocenters. The summed E-state index contributed by atoms with van der Waals surface area (Å²) in [6.07, 6.45) is 14.9. The molecule has 0 heterocycles. The smallest absolute Gasteiger partial charge is 0.0260 e. The third-order valence-electron chi connectivity index (χ3n) is 3.96. The van der Waals surface area contributed by atoms with Crippen LogP contribution in [0.5, 0.6) is 0 Å². The van der Waals surface area contributed by atoms with Gasteiger partial charge in [0.05, 0.1) is 0 Å². The Morgan fingerprint density at radius 3 is 3.00 bits per heavy atom. The number of fused-ring (bicyclic) bond motifs is 1. The van der Waals surface area contributed by atoms with Gasteiger partial charge in [0.2, 0.25) is 0 Å². The van der Waals surface area contributed by atoms with Gasteiger partial charge < -0.3 is 0 Å². The molecule has 2 rings (SSSR count). The Balaban J connectivity index is 2.14. The molecule has 0 aromatic rings. The average Bonchev–Trinajstić information content (AvgIpc) is 2.25. The standard InChI is InChI=1S/C12H20/c1-12-9-5-2-3-7-11(12)8-4-6-10-12/h4,6,11H,2-3,5,7-10H2,1H3/t11-,12-/m0/s1. The van der Waals surface area contributed by atoms with E-state index in [1.165, 1.54) is 44.9 Å². The molecule has 68 valence electrons. The fourth-order valence-electron chi connectivity index (χ4n) is 2.93. The summed E-state index contributed by atoms with van der Waals surface area (Å²) in [5.74, 6) is 1.00. The van der Waals surface area contributed by atoms with Gasteiger partial charge in [-0.2, -0.15) is 0 Å². The zero-order valence-electron chi connectivity index (χ0n) is 8.18. The molecule has 0 heteroatoms. The molecule has 0 radical (unpaired) electrons. The SMILES string of the molecule is C[C@]12CC=CC[C@@H]1CCCCC2. The van der Waals surface area contributed by atoms with E-state index in [0.29, 0.717) is 5.41 Å². The van der Waals surface area contributed by atoms with E-state index in [1.54, 1.807) is 0 Å². The molecule has 2 aliphatic carbocycles. The lowest BCUT2D eigenvalue weighted by molar-refractivity contribution is 0.165. The minimum Gasteiger partial charge on any atom is -0.0882 e. The van der Waals surface area contributed by atoms with Crippen LogP contribution in [0.2, 0.25) is 0 Å². The van der Waals surface area contributed by atoms with E-state index >= 15 is 0 Å². The molecule has 2 aliphatic rings. The topological polar surface area (TPSA) is 0 Å². The van der Waals surface area contributed by atoms with Gasteiger partial charge in [0.1, 0.15) is 0 Å². The molecule has 0 spiro atoms. The Labute approximate surface area is 76.1 Å². The van der Waals surface area contributed by atoms with E-state index < -0.39 is 0 Å². The van der Waals surface area contributed by atoms with Gasteiger partial charge in [-0.25, -0.2) is 0 Å². The van der Waals surface area contributed by atoms with Crippen LogP contribution < -0.4 is 0 Å². The monoisotopic (exact) mass is 164 g/mol. The summed E-state index contributed by atoms with van der Waals surface area (Å²) >= 11 is 0. The molecular formula is C12H20. The first-order valence-corrected chi connectivity index (χ1v) is 5.46. The number of hydrogen-bond acceptors (Lipinski definition) is 0. The summed E-state index contributed by atoms with van der Waals surface area (Å²) in [4.78, 5) is 0. The highest BCUT2D eigenvalue weighted by Crippen LogP contribution is 2.46. The first-order chi connectivity index (χ1) is 5.81. The molecule has 1 saturated carbocycles. The lowest BCUT2D eigenvalue weighted by atomic mass is 9.67. The maximum absolute atomic E-state index is 2.51. The minimum absolute atomic E-state index is 0.672. The summed E-state index contributed by atoms with van der Waals surface area (Å²) in [6, 6.07) is 0. The number of hydrogen-bond donors (Lipinski definition) is 0. The van der Waals surface area contributed by atoms with Gasteiger partial charge >= 0.3 is 0 Å². The maximum Gasteiger partial charge on any atom is -0.0260 e. The molecule has 0 N–H and O–H groups in total. The second-order valence-electron chi connectivity index (χ2n) is 4.86. The highest BCUT2D eigenvalue weighted by molar-refractivity contribution is 5.01. The lowest BCUT2D eigenvalue weighted by Crippen LogP contribution is -2.27. The summed E-state index contributed by atoms with van der Waals surface area (Å²) in [5.41, 5.74) is 0.672. The van der Waals surface area contributed by atoms with Crippen molar-refractivity contribution in [3.05, 3.63) is 12.2 Å². The summed E-state index contributed by atoms with van der Waals surface area (Å²) in [5, 5.41) is 0. The molecule has 1 fully saturated rings. The average molecular weight is 164 g/mol. The van der Waals surface area contributed by atoms with Crippen LogP contribution in [-0.4, -0.2) is 0 Å². The highest BCUT2D eigenvalue weighted by Gasteiger charge is 2.34.